The largest absolute Gasteiger partial charge is 0.469 e. The normalized spacial score (nSPS) is 12.1. The topological polar surface area (TPSA) is 81.2 Å². The zero-order valence-corrected chi connectivity index (χ0v) is 16.5. The minimum Gasteiger partial charge on any atom is -0.469 e. The summed E-state index contributed by atoms with van der Waals surface area (Å²) < 4.78 is 10.5. The summed E-state index contributed by atoms with van der Waals surface area (Å²) in [6, 6.07) is 7.43. The average Bonchev–Trinajstić information content (AvgIpc) is 3.29. The number of nitrogens with zero attached hydrogens (tertiary/aromatic N) is 2. The Morgan fingerprint density at radius 1 is 1.30 bits per heavy atom. The number of rotatable bonds is 8. The fourth-order valence-electron chi connectivity index (χ4n) is 2.71. The molecule has 0 aliphatic heterocycles. The van der Waals surface area contributed by atoms with Crippen LogP contribution in [-0.2, 0) is 12.2 Å². The molecule has 0 spiro atoms. The maximum absolute atomic E-state index is 12.7. The molecule has 3 aromatic heterocycles. The summed E-state index contributed by atoms with van der Waals surface area (Å²) in [5, 5.41) is 7.72. The summed E-state index contributed by atoms with van der Waals surface area (Å²) in [5.41, 5.74) is 2.50. The Kier molecular flexibility index (Phi) is 6.34. The first-order valence-corrected chi connectivity index (χ1v) is 9.86. The molecule has 0 aliphatic carbocycles. The second-order valence-corrected chi connectivity index (χ2v) is 7.40. The first-order chi connectivity index (χ1) is 13.0. The molecule has 0 radical (unpaired) electrons. The quantitative estimate of drug-likeness (QED) is 0.582. The highest BCUT2D eigenvalue weighted by Gasteiger charge is 2.17. The van der Waals surface area contributed by atoms with Crippen molar-refractivity contribution >= 4 is 17.7 Å². The van der Waals surface area contributed by atoms with Crippen molar-refractivity contribution in [1.29, 1.82) is 0 Å². The predicted octanol–water partition coefficient (Wildman–Crippen LogP) is 4.32. The lowest BCUT2D eigenvalue weighted by molar-refractivity contribution is 0.0934. The molecule has 142 valence electrons. The van der Waals surface area contributed by atoms with Gasteiger partial charge in [-0.1, -0.05) is 5.16 Å². The Morgan fingerprint density at radius 3 is 2.85 bits per heavy atom. The van der Waals surface area contributed by atoms with E-state index in [0.29, 0.717) is 16.3 Å². The average molecular weight is 385 g/mol. The molecule has 7 heteroatoms. The number of hydrogen-bond acceptors (Lipinski definition) is 6. The van der Waals surface area contributed by atoms with Gasteiger partial charge in [-0.2, -0.15) is 0 Å². The minimum absolute atomic E-state index is 0.0308. The number of hydrogen-bond donors (Lipinski definition) is 1. The lowest BCUT2D eigenvalue weighted by atomic mass is 10.1. The van der Waals surface area contributed by atoms with E-state index in [1.165, 1.54) is 11.8 Å². The molecule has 3 rings (SSSR count). The molecule has 1 N–H and O–H groups in total. The molecule has 3 heterocycles. The van der Waals surface area contributed by atoms with E-state index in [0.717, 1.165) is 35.6 Å². The van der Waals surface area contributed by atoms with E-state index in [9.17, 15) is 4.79 Å². The number of nitrogens with one attached hydrogen (secondary N) is 1. The van der Waals surface area contributed by atoms with Gasteiger partial charge < -0.3 is 14.3 Å². The predicted molar refractivity (Wildman–Crippen MR) is 104 cm³/mol. The van der Waals surface area contributed by atoms with Gasteiger partial charge >= 0.3 is 0 Å². The van der Waals surface area contributed by atoms with E-state index in [1.807, 2.05) is 32.9 Å². The summed E-state index contributed by atoms with van der Waals surface area (Å²) in [4.78, 5) is 17.1. The van der Waals surface area contributed by atoms with Gasteiger partial charge in [0, 0.05) is 30.0 Å². The van der Waals surface area contributed by atoms with Gasteiger partial charge in [-0.05, 0) is 51.5 Å². The Morgan fingerprint density at radius 2 is 2.15 bits per heavy atom. The third-order valence-corrected chi connectivity index (χ3v) is 5.36. The standard InChI is InChI=1S/C20H23N3O3S/c1-13(8-9-16-6-5-11-25-16)22-19(24)17-7-4-10-21-20(17)27-12-18-14(2)23-26-15(18)3/h4-7,10-11,13H,8-9,12H2,1-3H3,(H,22,24). The molecule has 1 amide bonds. The lowest BCUT2D eigenvalue weighted by Gasteiger charge is -2.14. The molecule has 6 nitrogen and oxygen atoms in total. The Hall–Kier alpha value is -2.54. The third kappa shape index (κ3) is 5.01. The first kappa shape index (κ1) is 19.2. The molecular weight excluding hydrogens is 362 g/mol. The molecule has 3 aromatic rings. The van der Waals surface area contributed by atoms with Crippen molar-refractivity contribution < 1.29 is 13.7 Å². The number of pyridine rings is 1. The van der Waals surface area contributed by atoms with Crippen LogP contribution in [0.1, 0.15) is 46.5 Å². The Bertz CT molecular complexity index is 870. The van der Waals surface area contributed by atoms with Crippen molar-refractivity contribution in [2.75, 3.05) is 0 Å². The summed E-state index contributed by atoms with van der Waals surface area (Å²) >= 11 is 1.51. The second-order valence-electron chi connectivity index (χ2n) is 6.44. The molecule has 1 unspecified atom stereocenters. The third-order valence-electron chi connectivity index (χ3n) is 4.33. The summed E-state index contributed by atoms with van der Waals surface area (Å²) in [7, 11) is 0. The van der Waals surface area contributed by atoms with Crippen LogP contribution in [0.2, 0.25) is 0 Å². The Balaban J connectivity index is 1.61. The van der Waals surface area contributed by atoms with Gasteiger partial charge in [-0.25, -0.2) is 4.98 Å². The summed E-state index contributed by atoms with van der Waals surface area (Å²) in [6.45, 7) is 5.80. The van der Waals surface area contributed by atoms with Crippen molar-refractivity contribution in [3.05, 3.63) is 65.1 Å². The molecule has 27 heavy (non-hydrogen) atoms. The summed E-state index contributed by atoms with van der Waals surface area (Å²) in [5.74, 6) is 2.27. The minimum atomic E-state index is -0.115. The van der Waals surface area contributed by atoms with E-state index >= 15 is 0 Å². The lowest BCUT2D eigenvalue weighted by Crippen LogP contribution is -2.33. The van der Waals surface area contributed by atoms with Crippen LogP contribution in [-0.4, -0.2) is 22.1 Å². The summed E-state index contributed by atoms with van der Waals surface area (Å²) in [6.07, 6.45) is 4.96. The van der Waals surface area contributed by atoms with Crippen LogP contribution in [0, 0.1) is 13.8 Å². The van der Waals surface area contributed by atoms with Gasteiger partial charge in [0.1, 0.15) is 16.5 Å². The van der Waals surface area contributed by atoms with Crippen LogP contribution in [0.15, 0.2) is 50.7 Å². The van der Waals surface area contributed by atoms with Crippen molar-refractivity contribution in [3.8, 4) is 0 Å². The van der Waals surface area contributed by atoms with Crippen molar-refractivity contribution in [2.24, 2.45) is 0 Å². The monoisotopic (exact) mass is 385 g/mol. The van der Waals surface area contributed by atoms with Gasteiger partial charge in [0.05, 0.1) is 17.5 Å². The van der Waals surface area contributed by atoms with Crippen molar-refractivity contribution in [1.82, 2.24) is 15.5 Å². The van der Waals surface area contributed by atoms with Crippen molar-refractivity contribution in [3.63, 3.8) is 0 Å². The van der Waals surface area contributed by atoms with Gasteiger partial charge in [0.25, 0.3) is 5.91 Å². The zero-order valence-electron chi connectivity index (χ0n) is 15.7. The van der Waals surface area contributed by atoms with Crippen LogP contribution in [0.3, 0.4) is 0 Å². The van der Waals surface area contributed by atoms with E-state index in [2.05, 4.69) is 15.5 Å². The Labute approximate surface area is 162 Å². The number of thioether (sulfide) groups is 1. The molecule has 1 atom stereocenters. The number of furan rings is 1. The van der Waals surface area contributed by atoms with Crippen LogP contribution >= 0.6 is 11.8 Å². The SMILES string of the molecule is Cc1noc(C)c1CSc1ncccc1C(=O)NC(C)CCc1ccco1. The van der Waals surface area contributed by atoms with Crippen LogP contribution < -0.4 is 5.32 Å². The maximum Gasteiger partial charge on any atom is 0.254 e. The van der Waals surface area contributed by atoms with Crippen LogP contribution in [0.25, 0.3) is 0 Å². The maximum atomic E-state index is 12.7. The highest BCUT2D eigenvalue weighted by molar-refractivity contribution is 7.98. The molecular formula is C20H23N3O3S. The van der Waals surface area contributed by atoms with Gasteiger partial charge in [-0.3, -0.25) is 4.79 Å². The molecule has 0 saturated heterocycles. The second kappa shape index (κ2) is 8.90. The first-order valence-electron chi connectivity index (χ1n) is 8.87. The number of aromatic nitrogens is 2. The highest BCUT2D eigenvalue weighted by atomic mass is 32.2. The van der Waals surface area contributed by atoms with E-state index in [-0.39, 0.29) is 11.9 Å². The van der Waals surface area contributed by atoms with Crippen LogP contribution in [0.4, 0.5) is 0 Å². The molecule has 0 bridgehead atoms. The molecule has 0 aliphatic rings. The molecule has 0 aromatic carbocycles. The zero-order chi connectivity index (χ0) is 19.2. The van der Waals surface area contributed by atoms with E-state index < -0.39 is 0 Å². The number of aryl methyl sites for hydroxylation is 3. The van der Waals surface area contributed by atoms with Gasteiger partial charge in [0.15, 0.2) is 0 Å². The van der Waals surface area contributed by atoms with Gasteiger partial charge in [0.2, 0.25) is 0 Å². The van der Waals surface area contributed by atoms with E-state index in [1.54, 1.807) is 24.6 Å². The molecule has 0 fully saturated rings. The highest BCUT2D eigenvalue weighted by Crippen LogP contribution is 2.27. The number of carbonyl (C=O) groups is 1. The molecule has 0 saturated carbocycles. The number of amides is 1. The van der Waals surface area contributed by atoms with Gasteiger partial charge in [-0.15, -0.1) is 11.8 Å². The number of carbonyl (C=O) groups excluding carboxylic acids is 1. The smallest absolute Gasteiger partial charge is 0.254 e. The van der Waals surface area contributed by atoms with Crippen LogP contribution in [0.5, 0.6) is 0 Å². The fraction of sp³-hybridized carbons (Fsp3) is 0.350. The fourth-order valence-corrected chi connectivity index (χ4v) is 3.86. The van der Waals surface area contributed by atoms with E-state index in [4.69, 9.17) is 8.94 Å². The van der Waals surface area contributed by atoms with Crippen molar-refractivity contribution in [2.45, 2.75) is 50.4 Å².